The van der Waals surface area contributed by atoms with E-state index < -0.39 is 10.0 Å². The van der Waals surface area contributed by atoms with E-state index in [9.17, 15) is 13.2 Å². The summed E-state index contributed by atoms with van der Waals surface area (Å²) in [5, 5.41) is 6.73. The van der Waals surface area contributed by atoms with Crippen LogP contribution in [-0.4, -0.2) is 24.5 Å². The molecule has 0 saturated heterocycles. The quantitative estimate of drug-likeness (QED) is 0.734. The monoisotopic (exact) mass is 366 g/mol. The van der Waals surface area contributed by atoms with Crippen LogP contribution in [0.2, 0.25) is 0 Å². The molecule has 0 saturated carbocycles. The molecule has 0 aliphatic heterocycles. The van der Waals surface area contributed by atoms with Crippen molar-refractivity contribution in [1.29, 1.82) is 0 Å². The Morgan fingerprint density at radius 3 is 2.67 bits per heavy atom. The Hall–Kier alpha value is -2.46. The van der Waals surface area contributed by atoms with E-state index in [2.05, 4.69) is 20.2 Å². The zero-order valence-electron chi connectivity index (χ0n) is 13.1. The van der Waals surface area contributed by atoms with Crippen LogP contribution in [0.4, 0.5) is 10.8 Å². The number of benzene rings is 1. The number of carbonyl (C=O) groups excluding carboxylic acids is 1. The standard InChI is InChI=1S/C14H14N4O4S2/c1-7-13(8(2)22-17-7)24(20,21)18-10-4-5-12-11(6-10)16-14(23-12)15-9(3)19/h4-6,18H,1-3H3,(H,15,16,19). The van der Waals surface area contributed by atoms with E-state index in [4.69, 9.17) is 4.52 Å². The van der Waals surface area contributed by atoms with Gasteiger partial charge in [0.25, 0.3) is 10.0 Å². The molecule has 24 heavy (non-hydrogen) atoms. The third kappa shape index (κ3) is 3.10. The summed E-state index contributed by atoms with van der Waals surface area (Å²) >= 11 is 1.31. The number of nitrogens with zero attached hydrogens (tertiary/aromatic N) is 2. The van der Waals surface area contributed by atoms with Gasteiger partial charge in [-0.25, -0.2) is 13.4 Å². The Balaban J connectivity index is 1.94. The number of hydrogen-bond donors (Lipinski definition) is 2. The number of carbonyl (C=O) groups is 1. The van der Waals surface area contributed by atoms with Crippen molar-refractivity contribution in [2.45, 2.75) is 25.7 Å². The minimum atomic E-state index is -3.81. The Morgan fingerprint density at radius 2 is 2.04 bits per heavy atom. The van der Waals surface area contributed by atoms with Gasteiger partial charge in [0, 0.05) is 6.92 Å². The van der Waals surface area contributed by atoms with Crippen LogP contribution in [0, 0.1) is 13.8 Å². The summed E-state index contributed by atoms with van der Waals surface area (Å²) < 4.78 is 33.2. The van der Waals surface area contributed by atoms with Gasteiger partial charge in [0.15, 0.2) is 15.8 Å². The molecule has 0 aliphatic carbocycles. The predicted octanol–water partition coefficient (Wildman–Crippen LogP) is 2.66. The summed E-state index contributed by atoms with van der Waals surface area (Å²) in [4.78, 5) is 15.4. The molecule has 8 nitrogen and oxygen atoms in total. The average molecular weight is 366 g/mol. The van der Waals surface area contributed by atoms with Gasteiger partial charge in [-0.2, -0.15) is 0 Å². The van der Waals surface area contributed by atoms with Gasteiger partial charge >= 0.3 is 0 Å². The molecule has 126 valence electrons. The van der Waals surface area contributed by atoms with E-state index >= 15 is 0 Å². The maximum Gasteiger partial charge on any atom is 0.267 e. The first-order valence-corrected chi connectivity index (χ1v) is 9.20. The number of aryl methyl sites for hydroxylation is 2. The second-order valence-electron chi connectivity index (χ2n) is 5.14. The maximum atomic E-state index is 12.5. The van der Waals surface area contributed by atoms with Gasteiger partial charge in [-0.3, -0.25) is 9.52 Å². The topological polar surface area (TPSA) is 114 Å². The van der Waals surface area contributed by atoms with Crippen molar-refractivity contribution in [3.63, 3.8) is 0 Å². The minimum Gasteiger partial charge on any atom is -0.360 e. The zero-order valence-corrected chi connectivity index (χ0v) is 14.7. The summed E-state index contributed by atoms with van der Waals surface area (Å²) in [5.41, 5.74) is 1.24. The van der Waals surface area contributed by atoms with Crippen molar-refractivity contribution in [3.05, 3.63) is 29.7 Å². The van der Waals surface area contributed by atoms with Crippen LogP contribution in [0.1, 0.15) is 18.4 Å². The molecule has 1 aromatic carbocycles. The molecule has 0 atom stereocenters. The van der Waals surface area contributed by atoms with E-state index in [1.165, 1.54) is 25.2 Å². The van der Waals surface area contributed by atoms with E-state index in [1.807, 2.05) is 0 Å². The van der Waals surface area contributed by atoms with Crippen molar-refractivity contribution in [1.82, 2.24) is 10.1 Å². The van der Waals surface area contributed by atoms with Crippen LogP contribution < -0.4 is 10.0 Å². The zero-order chi connectivity index (χ0) is 17.5. The number of amides is 1. The highest BCUT2D eigenvalue weighted by Gasteiger charge is 2.24. The average Bonchev–Trinajstić information content (AvgIpc) is 3.00. The highest BCUT2D eigenvalue weighted by molar-refractivity contribution is 7.92. The molecule has 10 heteroatoms. The number of sulfonamides is 1. The lowest BCUT2D eigenvalue weighted by atomic mass is 10.3. The number of thiazole rings is 1. The molecular formula is C14H14N4O4S2. The molecule has 0 bridgehead atoms. The fraction of sp³-hybridized carbons (Fsp3) is 0.214. The summed E-state index contributed by atoms with van der Waals surface area (Å²) in [5.74, 6) is 0.0103. The molecule has 3 aromatic rings. The normalized spacial score (nSPS) is 11.6. The van der Waals surface area contributed by atoms with Crippen LogP contribution in [0.5, 0.6) is 0 Å². The van der Waals surface area contributed by atoms with Crippen molar-refractivity contribution < 1.29 is 17.7 Å². The molecule has 0 radical (unpaired) electrons. The van der Waals surface area contributed by atoms with Crippen LogP contribution in [0.15, 0.2) is 27.6 Å². The van der Waals surface area contributed by atoms with Gasteiger partial charge in [-0.1, -0.05) is 16.5 Å². The Kier molecular flexibility index (Phi) is 4.01. The Bertz CT molecular complexity index is 1020. The molecule has 3 rings (SSSR count). The van der Waals surface area contributed by atoms with E-state index in [-0.39, 0.29) is 16.6 Å². The van der Waals surface area contributed by atoms with Crippen molar-refractivity contribution >= 4 is 48.3 Å². The largest absolute Gasteiger partial charge is 0.360 e. The first kappa shape index (κ1) is 16.4. The van der Waals surface area contributed by atoms with Crippen LogP contribution in [0.3, 0.4) is 0 Å². The predicted molar refractivity (Wildman–Crippen MR) is 90.7 cm³/mol. The minimum absolute atomic E-state index is 0.0276. The molecule has 0 fully saturated rings. The van der Waals surface area contributed by atoms with Crippen molar-refractivity contribution in [3.8, 4) is 0 Å². The van der Waals surface area contributed by atoms with E-state index in [0.717, 1.165) is 4.70 Å². The lowest BCUT2D eigenvalue weighted by molar-refractivity contribution is -0.114. The fourth-order valence-corrected chi connectivity index (χ4v) is 4.53. The van der Waals surface area contributed by atoms with Crippen molar-refractivity contribution in [2.24, 2.45) is 0 Å². The molecule has 0 aliphatic rings. The van der Waals surface area contributed by atoms with E-state index in [0.29, 0.717) is 22.0 Å². The van der Waals surface area contributed by atoms with Gasteiger partial charge in [0.1, 0.15) is 5.69 Å². The summed E-state index contributed by atoms with van der Waals surface area (Å²) in [6, 6.07) is 4.98. The molecule has 1 amide bonds. The van der Waals surface area contributed by atoms with Crippen molar-refractivity contribution in [2.75, 3.05) is 10.0 Å². The highest BCUT2D eigenvalue weighted by atomic mass is 32.2. The second-order valence-corrected chi connectivity index (χ2v) is 7.79. The molecular weight excluding hydrogens is 352 g/mol. The number of fused-ring (bicyclic) bond motifs is 1. The number of anilines is 2. The Morgan fingerprint density at radius 1 is 1.29 bits per heavy atom. The number of nitrogens with one attached hydrogen (secondary N) is 2. The first-order valence-electron chi connectivity index (χ1n) is 6.90. The summed E-state index contributed by atoms with van der Waals surface area (Å²) in [6.45, 7) is 4.50. The summed E-state index contributed by atoms with van der Waals surface area (Å²) in [7, 11) is -3.81. The van der Waals surface area contributed by atoms with Gasteiger partial charge < -0.3 is 9.84 Å². The molecule has 0 unspecified atom stereocenters. The lowest BCUT2D eigenvalue weighted by Crippen LogP contribution is -2.14. The lowest BCUT2D eigenvalue weighted by Gasteiger charge is -2.07. The maximum absolute atomic E-state index is 12.5. The van der Waals surface area contributed by atoms with E-state index in [1.54, 1.807) is 25.1 Å². The highest BCUT2D eigenvalue weighted by Crippen LogP contribution is 2.29. The van der Waals surface area contributed by atoms with Gasteiger partial charge in [0.2, 0.25) is 5.91 Å². The molecule has 2 aromatic heterocycles. The second kappa shape index (κ2) is 5.87. The fourth-order valence-electron chi connectivity index (χ4n) is 2.26. The summed E-state index contributed by atoms with van der Waals surface area (Å²) in [6.07, 6.45) is 0. The number of aromatic nitrogens is 2. The smallest absolute Gasteiger partial charge is 0.267 e. The Labute approximate surface area is 141 Å². The SMILES string of the molecule is CC(=O)Nc1nc2cc(NS(=O)(=O)c3c(C)noc3C)ccc2s1. The first-order chi connectivity index (χ1) is 11.3. The van der Waals surface area contributed by atoms with Crippen LogP contribution in [-0.2, 0) is 14.8 Å². The third-order valence-electron chi connectivity index (χ3n) is 3.16. The molecule has 2 N–H and O–H groups in total. The molecule has 0 spiro atoms. The van der Waals surface area contributed by atoms with Gasteiger partial charge in [-0.05, 0) is 32.0 Å². The van der Waals surface area contributed by atoms with Gasteiger partial charge in [0.05, 0.1) is 15.9 Å². The van der Waals surface area contributed by atoms with Crippen LogP contribution >= 0.6 is 11.3 Å². The number of rotatable bonds is 4. The number of hydrogen-bond acceptors (Lipinski definition) is 7. The van der Waals surface area contributed by atoms with Gasteiger partial charge in [-0.15, -0.1) is 0 Å². The van der Waals surface area contributed by atoms with Crippen LogP contribution in [0.25, 0.3) is 10.2 Å². The third-order valence-corrected chi connectivity index (χ3v) is 5.74. The molecule has 2 heterocycles.